The maximum absolute atomic E-state index is 12.6. The second-order valence-electron chi connectivity index (χ2n) is 4.90. The van der Waals surface area contributed by atoms with E-state index >= 15 is 0 Å². The van der Waals surface area contributed by atoms with Gasteiger partial charge in [0.2, 0.25) is 0 Å². The molecule has 0 heterocycles. The molecule has 6 heteroatoms. The summed E-state index contributed by atoms with van der Waals surface area (Å²) in [6.45, 7) is 1.64. The molecule has 1 amide bonds. The van der Waals surface area contributed by atoms with Crippen LogP contribution in [0.5, 0.6) is 0 Å². The SMILES string of the molecule is COC(=O)CCN(CCN(C)C)C(=O)c1ccccc1Br. The van der Waals surface area contributed by atoms with Crippen molar-refractivity contribution in [3.8, 4) is 0 Å². The van der Waals surface area contributed by atoms with Gasteiger partial charge < -0.3 is 14.5 Å². The number of likely N-dealkylation sites (N-methyl/N-ethyl adjacent to an activating group) is 1. The zero-order valence-corrected chi connectivity index (χ0v) is 14.2. The topological polar surface area (TPSA) is 49.9 Å². The van der Waals surface area contributed by atoms with Gasteiger partial charge in [-0.25, -0.2) is 0 Å². The molecule has 5 nitrogen and oxygen atoms in total. The molecule has 116 valence electrons. The van der Waals surface area contributed by atoms with Crippen LogP contribution in [0.15, 0.2) is 28.7 Å². The molecule has 0 aliphatic rings. The van der Waals surface area contributed by atoms with Crippen molar-refractivity contribution in [3.63, 3.8) is 0 Å². The number of carbonyl (C=O) groups excluding carboxylic acids is 2. The second kappa shape index (κ2) is 8.79. The van der Waals surface area contributed by atoms with E-state index in [1.54, 1.807) is 11.0 Å². The Kier molecular flexibility index (Phi) is 7.39. The summed E-state index contributed by atoms with van der Waals surface area (Å²) in [6, 6.07) is 7.28. The van der Waals surface area contributed by atoms with Crippen molar-refractivity contribution in [2.24, 2.45) is 0 Å². The van der Waals surface area contributed by atoms with E-state index in [-0.39, 0.29) is 18.3 Å². The van der Waals surface area contributed by atoms with Gasteiger partial charge in [-0.3, -0.25) is 9.59 Å². The minimum Gasteiger partial charge on any atom is -0.469 e. The van der Waals surface area contributed by atoms with Gasteiger partial charge in [-0.15, -0.1) is 0 Å². The van der Waals surface area contributed by atoms with E-state index in [2.05, 4.69) is 20.7 Å². The number of nitrogens with zero attached hydrogens (tertiary/aromatic N) is 2. The summed E-state index contributed by atoms with van der Waals surface area (Å²) < 4.78 is 5.39. The van der Waals surface area contributed by atoms with Crippen molar-refractivity contribution >= 4 is 27.8 Å². The van der Waals surface area contributed by atoms with Crippen LogP contribution in [-0.2, 0) is 9.53 Å². The van der Waals surface area contributed by atoms with Crippen LogP contribution in [0, 0.1) is 0 Å². The Morgan fingerprint density at radius 1 is 1.14 bits per heavy atom. The molecule has 0 aliphatic heterocycles. The number of hydrogen-bond acceptors (Lipinski definition) is 4. The molecule has 0 radical (unpaired) electrons. The fourth-order valence-corrected chi connectivity index (χ4v) is 2.22. The monoisotopic (exact) mass is 356 g/mol. The summed E-state index contributed by atoms with van der Waals surface area (Å²) in [6.07, 6.45) is 0.195. The highest BCUT2D eigenvalue weighted by Gasteiger charge is 2.19. The molecular formula is C15H21BrN2O3. The average Bonchev–Trinajstić information content (AvgIpc) is 2.46. The number of carbonyl (C=O) groups is 2. The first kappa shape index (κ1) is 17.7. The zero-order chi connectivity index (χ0) is 15.8. The normalized spacial score (nSPS) is 10.5. The van der Waals surface area contributed by atoms with Gasteiger partial charge in [0, 0.05) is 24.1 Å². The van der Waals surface area contributed by atoms with Gasteiger partial charge in [-0.1, -0.05) is 12.1 Å². The van der Waals surface area contributed by atoms with Crippen molar-refractivity contribution in [1.29, 1.82) is 0 Å². The average molecular weight is 357 g/mol. The van der Waals surface area contributed by atoms with E-state index in [1.807, 2.05) is 37.2 Å². The highest BCUT2D eigenvalue weighted by Crippen LogP contribution is 2.18. The fraction of sp³-hybridized carbons (Fsp3) is 0.467. The van der Waals surface area contributed by atoms with Crippen LogP contribution in [0.2, 0.25) is 0 Å². The Morgan fingerprint density at radius 2 is 1.81 bits per heavy atom. The van der Waals surface area contributed by atoms with Gasteiger partial charge in [0.1, 0.15) is 0 Å². The molecule has 0 bridgehead atoms. The molecule has 0 N–H and O–H groups in total. The number of esters is 1. The maximum Gasteiger partial charge on any atom is 0.307 e. The van der Waals surface area contributed by atoms with Crippen LogP contribution >= 0.6 is 15.9 Å². The molecule has 0 fully saturated rings. The minimum absolute atomic E-state index is 0.0896. The second-order valence-corrected chi connectivity index (χ2v) is 5.76. The van der Waals surface area contributed by atoms with Crippen molar-refractivity contribution in [2.75, 3.05) is 40.8 Å². The summed E-state index contributed by atoms with van der Waals surface area (Å²) >= 11 is 3.39. The predicted octanol–water partition coefficient (Wildman–Crippen LogP) is 2.02. The van der Waals surface area contributed by atoms with Crippen molar-refractivity contribution in [2.45, 2.75) is 6.42 Å². The molecule has 0 unspecified atom stereocenters. The number of ether oxygens (including phenoxy) is 1. The van der Waals surface area contributed by atoms with Gasteiger partial charge in [0.15, 0.2) is 0 Å². The Hall–Kier alpha value is -1.40. The van der Waals surface area contributed by atoms with Crippen molar-refractivity contribution in [1.82, 2.24) is 9.80 Å². The summed E-state index contributed by atoms with van der Waals surface area (Å²) in [4.78, 5) is 27.6. The number of methoxy groups -OCH3 is 1. The summed E-state index contributed by atoms with van der Waals surface area (Å²) in [5, 5.41) is 0. The van der Waals surface area contributed by atoms with Crippen LogP contribution < -0.4 is 0 Å². The van der Waals surface area contributed by atoms with Crippen molar-refractivity contribution in [3.05, 3.63) is 34.3 Å². The van der Waals surface area contributed by atoms with E-state index in [1.165, 1.54) is 7.11 Å². The van der Waals surface area contributed by atoms with Gasteiger partial charge in [-0.05, 0) is 42.2 Å². The van der Waals surface area contributed by atoms with Gasteiger partial charge >= 0.3 is 5.97 Å². The maximum atomic E-state index is 12.6. The summed E-state index contributed by atoms with van der Waals surface area (Å²) in [7, 11) is 5.24. The van der Waals surface area contributed by atoms with E-state index in [4.69, 9.17) is 0 Å². The Balaban J connectivity index is 2.81. The Labute approximate surface area is 134 Å². The molecule has 21 heavy (non-hydrogen) atoms. The quantitative estimate of drug-likeness (QED) is 0.701. The van der Waals surface area contributed by atoms with Crippen molar-refractivity contribution < 1.29 is 14.3 Å². The smallest absolute Gasteiger partial charge is 0.307 e. The molecule has 0 spiro atoms. The Bertz CT molecular complexity index is 492. The Morgan fingerprint density at radius 3 is 2.38 bits per heavy atom. The van der Waals surface area contributed by atoms with Crippen LogP contribution in [0.25, 0.3) is 0 Å². The number of rotatable bonds is 7. The largest absolute Gasteiger partial charge is 0.469 e. The first-order valence-corrected chi connectivity index (χ1v) is 7.50. The van der Waals surface area contributed by atoms with Crippen LogP contribution in [0.1, 0.15) is 16.8 Å². The summed E-state index contributed by atoms with van der Waals surface area (Å²) in [5.41, 5.74) is 0.598. The zero-order valence-electron chi connectivity index (χ0n) is 12.6. The van der Waals surface area contributed by atoms with Gasteiger partial charge in [0.25, 0.3) is 5.91 Å². The van der Waals surface area contributed by atoms with E-state index in [0.717, 1.165) is 11.0 Å². The highest BCUT2D eigenvalue weighted by molar-refractivity contribution is 9.10. The lowest BCUT2D eigenvalue weighted by Gasteiger charge is -2.24. The lowest BCUT2D eigenvalue weighted by atomic mass is 10.2. The molecule has 0 atom stereocenters. The number of benzene rings is 1. The molecule has 0 aliphatic carbocycles. The van der Waals surface area contributed by atoms with Crippen LogP contribution in [0.4, 0.5) is 0 Å². The number of hydrogen-bond donors (Lipinski definition) is 0. The molecule has 0 aromatic heterocycles. The molecule has 1 rings (SSSR count). The molecule has 1 aromatic carbocycles. The fourth-order valence-electron chi connectivity index (χ4n) is 1.77. The van der Waals surface area contributed by atoms with Gasteiger partial charge in [-0.2, -0.15) is 0 Å². The van der Waals surface area contributed by atoms with Gasteiger partial charge in [0.05, 0.1) is 19.1 Å². The standard InChI is InChI=1S/C15H21BrN2O3/c1-17(2)10-11-18(9-8-14(19)21-3)15(20)12-6-4-5-7-13(12)16/h4-7H,8-11H2,1-3H3. The minimum atomic E-state index is -0.315. The third kappa shape index (κ3) is 5.85. The third-order valence-corrected chi connectivity index (χ3v) is 3.71. The van der Waals surface area contributed by atoms with Crippen LogP contribution in [0.3, 0.4) is 0 Å². The van der Waals surface area contributed by atoms with Crippen LogP contribution in [-0.4, -0.2) is 62.5 Å². The lowest BCUT2D eigenvalue weighted by molar-refractivity contribution is -0.140. The number of halogens is 1. The van der Waals surface area contributed by atoms with E-state index in [0.29, 0.717) is 18.7 Å². The highest BCUT2D eigenvalue weighted by atomic mass is 79.9. The molecule has 1 aromatic rings. The van der Waals surface area contributed by atoms with E-state index in [9.17, 15) is 9.59 Å². The molecule has 0 saturated heterocycles. The first-order chi connectivity index (χ1) is 9.95. The van der Waals surface area contributed by atoms with E-state index < -0.39 is 0 Å². The predicted molar refractivity (Wildman–Crippen MR) is 85.2 cm³/mol. The lowest BCUT2D eigenvalue weighted by Crippen LogP contribution is -2.38. The molecule has 0 saturated carbocycles. The first-order valence-electron chi connectivity index (χ1n) is 6.71. The molecular weight excluding hydrogens is 336 g/mol. The third-order valence-electron chi connectivity index (χ3n) is 3.02. The number of amides is 1. The summed E-state index contributed by atoms with van der Waals surface area (Å²) in [5.74, 6) is -0.405.